The molecule has 1 aliphatic rings. The molecule has 0 saturated heterocycles. The second kappa shape index (κ2) is 4.01. The number of benzene rings is 1. The van der Waals surface area contributed by atoms with E-state index in [-0.39, 0.29) is 5.91 Å². The molecule has 1 aliphatic heterocycles. The average molecular weight is 282 g/mol. The van der Waals surface area contributed by atoms with Crippen molar-refractivity contribution in [2.24, 2.45) is 0 Å². The lowest BCUT2D eigenvalue weighted by molar-refractivity contribution is -0.112. The molecule has 3 heterocycles. The number of aromatic nitrogens is 3. The third-order valence-electron chi connectivity index (χ3n) is 3.46. The van der Waals surface area contributed by atoms with E-state index >= 15 is 0 Å². The van der Waals surface area contributed by atoms with E-state index < -0.39 is 0 Å². The van der Waals surface area contributed by atoms with Crippen LogP contribution in [-0.4, -0.2) is 27.9 Å². The zero-order chi connectivity index (χ0) is 13.7. The van der Waals surface area contributed by atoms with Gasteiger partial charge < -0.3 is 9.88 Å². The zero-order valence-electron chi connectivity index (χ0n) is 10.6. The van der Waals surface area contributed by atoms with Gasteiger partial charge in [0.2, 0.25) is 0 Å². The molecule has 0 radical (unpaired) electrons. The van der Waals surface area contributed by atoms with Gasteiger partial charge in [0, 0.05) is 12.6 Å². The molecule has 1 aromatic carbocycles. The lowest BCUT2D eigenvalue weighted by Gasteiger charge is -2.08. The van der Waals surface area contributed by atoms with Crippen molar-refractivity contribution in [2.45, 2.75) is 0 Å². The number of nitrogens with one attached hydrogen (secondary N) is 1. The maximum absolute atomic E-state index is 12.5. The van der Waals surface area contributed by atoms with E-state index in [2.05, 4.69) is 15.0 Å². The summed E-state index contributed by atoms with van der Waals surface area (Å²) in [6.45, 7) is 0. The molecule has 1 amide bonds. The highest BCUT2D eigenvalue weighted by Gasteiger charge is 2.32. The van der Waals surface area contributed by atoms with Crippen LogP contribution in [0.25, 0.3) is 21.9 Å². The van der Waals surface area contributed by atoms with E-state index in [1.807, 2.05) is 23.7 Å². The number of H-pyrrole nitrogens is 1. The van der Waals surface area contributed by atoms with Crippen LogP contribution >= 0.6 is 11.3 Å². The number of aromatic amines is 1. The highest BCUT2D eigenvalue weighted by atomic mass is 32.1. The van der Waals surface area contributed by atoms with Gasteiger partial charge in [-0.3, -0.25) is 4.79 Å². The number of amides is 1. The normalized spacial score (nSPS) is 16.4. The highest BCUT2D eigenvalue weighted by molar-refractivity contribution is 7.17. The van der Waals surface area contributed by atoms with Crippen molar-refractivity contribution in [1.29, 1.82) is 0 Å². The Labute approximate surface area is 118 Å². The number of rotatable bonds is 1. The number of anilines is 1. The molecule has 98 valence electrons. The summed E-state index contributed by atoms with van der Waals surface area (Å²) >= 11 is 1.56. The molecule has 0 spiro atoms. The highest BCUT2D eigenvalue weighted by Crippen LogP contribution is 2.42. The van der Waals surface area contributed by atoms with E-state index in [1.165, 1.54) is 0 Å². The summed E-state index contributed by atoms with van der Waals surface area (Å²) in [6.07, 6.45) is 5.14. The molecule has 0 saturated carbocycles. The van der Waals surface area contributed by atoms with E-state index in [9.17, 15) is 4.79 Å². The molecular formula is C14H10N4OS. The van der Waals surface area contributed by atoms with E-state index in [0.29, 0.717) is 5.57 Å². The number of thiazole rings is 1. The smallest absolute Gasteiger partial charge is 0.258 e. The molecule has 3 aromatic rings. The summed E-state index contributed by atoms with van der Waals surface area (Å²) in [5.74, 6) is -0.00417. The van der Waals surface area contributed by atoms with Crippen LogP contribution in [0.15, 0.2) is 30.2 Å². The number of likely N-dealkylation sites (N-methyl/N-ethyl adjacent to an activating group) is 1. The predicted octanol–water partition coefficient (Wildman–Crippen LogP) is 2.54. The first-order chi connectivity index (χ1) is 9.75. The van der Waals surface area contributed by atoms with Gasteiger partial charge in [0.1, 0.15) is 0 Å². The topological polar surface area (TPSA) is 61.9 Å². The van der Waals surface area contributed by atoms with Gasteiger partial charge in [-0.2, -0.15) is 0 Å². The lowest BCUT2D eigenvalue weighted by atomic mass is 10.1. The van der Waals surface area contributed by atoms with Crippen molar-refractivity contribution in [2.75, 3.05) is 11.9 Å². The van der Waals surface area contributed by atoms with E-state index in [1.54, 1.807) is 35.8 Å². The maximum Gasteiger partial charge on any atom is 0.258 e. The van der Waals surface area contributed by atoms with Gasteiger partial charge in [-0.15, -0.1) is 11.3 Å². The average Bonchev–Trinajstić information content (AvgIpc) is 3.16. The number of carbonyl (C=O) groups excluding carboxylic acids is 1. The van der Waals surface area contributed by atoms with Crippen LogP contribution in [-0.2, 0) is 4.79 Å². The molecular weight excluding hydrogens is 272 g/mol. The Morgan fingerprint density at radius 3 is 3.10 bits per heavy atom. The summed E-state index contributed by atoms with van der Waals surface area (Å²) < 4.78 is 1.05. The van der Waals surface area contributed by atoms with Crippen molar-refractivity contribution in [3.8, 4) is 0 Å². The predicted molar refractivity (Wildman–Crippen MR) is 79.5 cm³/mol. The number of hydrogen-bond donors (Lipinski definition) is 1. The Morgan fingerprint density at radius 2 is 2.30 bits per heavy atom. The van der Waals surface area contributed by atoms with E-state index in [0.717, 1.165) is 27.2 Å². The summed E-state index contributed by atoms with van der Waals surface area (Å²) in [5, 5.41) is 0. The van der Waals surface area contributed by atoms with Crippen molar-refractivity contribution in [3.05, 3.63) is 41.4 Å². The van der Waals surface area contributed by atoms with Gasteiger partial charge in [-0.1, -0.05) is 0 Å². The Balaban J connectivity index is 2.03. The molecule has 0 bridgehead atoms. The van der Waals surface area contributed by atoms with Crippen LogP contribution < -0.4 is 4.90 Å². The van der Waals surface area contributed by atoms with Crippen molar-refractivity contribution < 1.29 is 4.79 Å². The zero-order valence-corrected chi connectivity index (χ0v) is 11.4. The summed E-state index contributed by atoms with van der Waals surface area (Å²) in [5.41, 5.74) is 6.12. The van der Waals surface area contributed by atoms with Crippen LogP contribution in [0.1, 0.15) is 11.3 Å². The first-order valence-electron chi connectivity index (χ1n) is 6.10. The molecule has 0 aliphatic carbocycles. The van der Waals surface area contributed by atoms with Crippen LogP contribution in [0.2, 0.25) is 0 Å². The molecule has 2 aromatic heterocycles. The molecule has 4 rings (SSSR count). The minimum Gasteiger partial charge on any atom is -0.345 e. The second-order valence-corrected chi connectivity index (χ2v) is 5.44. The van der Waals surface area contributed by atoms with Crippen molar-refractivity contribution >= 4 is 44.8 Å². The van der Waals surface area contributed by atoms with E-state index in [4.69, 9.17) is 0 Å². The molecule has 0 atom stereocenters. The third kappa shape index (κ3) is 1.45. The Kier molecular flexibility index (Phi) is 2.28. The second-order valence-electron chi connectivity index (χ2n) is 4.59. The quantitative estimate of drug-likeness (QED) is 0.698. The number of fused-ring (bicyclic) bond motifs is 3. The van der Waals surface area contributed by atoms with Gasteiger partial charge in [-0.05, 0) is 18.2 Å². The Morgan fingerprint density at radius 1 is 1.40 bits per heavy atom. The van der Waals surface area contributed by atoms with Gasteiger partial charge in [0.15, 0.2) is 0 Å². The molecule has 0 unspecified atom stereocenters. The number of carbonyl (C=O) groups is 1. The molecule has 6 heteroatoms. The molecule has 0 fully saturated rings. The van der Waals surface area contributed by atoms with Gasteiger partial charge in [0.25, 0.3) is 5.91 Å². The summed E-state index contributed by atoms with van der Waals surface area (Å²) in [6, 6.07) is 3.90. The molecule has 1 N–H and O–H groups in total. The molecule has 20 heavy (non-hydrogen) atoms. The van der Waals surface area contributed by atoms with Crippen molar-refractivity contribution in [3.63, 3.8) is 0 Å². The monoisotopic (exact) mass is 282 g/mol. The van der Waals surface area contributed by atoms with Crippen LogP contribution in [0.3, 0.4) is 0 Å². The Bertz CT molecular complexity index is 847. The molecule has 5 nitrogen and oxygen atoms in total. The summed E-state index contributed by atoms with van der Waals surface area (Å²) in [7, 11) is 1.79. The largest absolute Gasteiger partial charge is 0.345 e. The number of imidazole rings is 1. The third-order valence-corrected chi connectivity index (χ3v) is 4.32. The SMILES string of the molecule is CN1C(=O)/C(=C\c2cnc[nH]2)c2c1ccc1ncsc21. The lowest BCUT2D eigenvalue weighted by Crippen LogP contribution is -2.20. The minimum absolute atomic E-state index is 0.00417. The first kappa shape index (κ1) is 11.4. The maximum atomic E-state index is 12.5. The number of hydrogen-bond acceptors (Lipinski definition) is 4. The van der Waals surface area contributed by atoms with Crippen molar-refractivity contribution in [1.82, 2.24) is 15.0 Å². The van der Waals surface area contributed by atoms with Gasteiger partial charge in [0.05, 0.1) is 45.2 Å². The number of nitrogens with zero attached hydrogens (tertiary/aromatic N) is 3. The van der Waals surface area contributed by atoms with Crippen LogP contribution in [0.4, 0.5) is 5.69 Å². The fraction of sp³-hybridized carbons (Fsp3) is 0.0714. The van der Waals surface area contributed by atoms with Crippen LogP contribution in [0, 0.1) is 0 Å². The fourth-order valence-electron chi connectivity index (χ4n) is 2.49. The van der Waals surface area contributed by atoms with Gasteiger partial charge >= 0.3 is 0 Å². The first-order valence-corrected chi connectivity index (χ1v) is 6.98. The fourth-order valence-corrected chi connectivity index (χ4v) is 3.34. The Hall–Kier alpha value is -2.47. The minimum atomic E-state index is -0.00417. The standard InChI is InChI=1S/C14H10N4OS/c1-18-11-3-2-10-13(20-7-17-10)12(11)9(14(18)19)4-8-5-15-6-16-8/h2-7H,1H3,(H,15,16)/b9-4-. The van der Waals surface area contributed by atoms with Gasteiger partial charge in [-0.25, -0.2) is 9.97 Å². The van der Waals surface area contributed by atoms with Crippen LogP contribution in [0.5, 0.6) is 0 Å². The summed E-state index contributed by atoms with van der Waals surface area (Å²) in [4.78, 5) is 25.4.